The summed E-state index contributed by atoms with van der Waals surface area (Å²) in [5, 5.41) is 15.1. The van der Waals surface area contributed by atoms with Crippen molar-refractivity contribution in [2.45, 2.75) is 23.8 Å². The van der Waals surface area contributed by atoms with Crippen molar-refractivity contribution in [3.8, 4) is 0 Å². The molecule has 1 atom stereocenters. The number of aliphatic hydroxyl groups excluding tert-OH is 1. The monoisotopic (exact) mass is 341 g/mol. The molecule has 0 radical (unpaired) electrons. The number of sulfone groups is 1. The van der Waals surface area contributed by atoms with E-state index in [0.717, 1.165) is 32.2 Å². The molecule has 1 aromatic carbocycles. The second-order valence-electron chi connectivity index (χ2n) is 5.79. The number of nitrogens with zero attached hydrogens (tertiary/aromatic N) is 1. The first-order chi connectivity index (χ1) is 10.8. The standard InChI is InChI=1S/C15H23N3O4S/c1-23(21,22)14-6-4-12(5-7-14)17-15(20)16-10-13(19)11-18-8-2-3-9-18/h4-7,13,19H,2-3,8-11H2,1H3,(H2,16,17,20)/t13-/m0/s1. The van der Waals surface area contributed by atoms with Gasteiger partial charge in [-0.3, -0.25) is 0 Å². The predicted octanol–water partition coefficient (Wildman–Crippen LogP) is 0.668. The van der Waals surface area contributed by atoms with Crippen molar-refractivity contribution in [2.24, 2.45) is 0 Å². The minimum Gasteiger partial charge on any atom is -0.390 e. The van der Waals surface area contributed by atoms with Crippen LogP contribution in [0.4, 0.5) is 10.5 Å². The Labute approximate surface area is 136 Å². The number of likely N-dealkylation sites (tertiary alicyclic amines) is 1. The minimum absolute atomic E-state index is 0.170. The maximum atomic E-state index is 11.8. The summed E-state index contributed by atoms with van der Waals surface area (Å²) in [7, 11) is -3.25. The Hall–Kier alpha value is -1.64. The van der Waals surface area contributed by atoms with E-state index >= 15 is 0 Å². The van der Waals surface area contributed by atoms with Gasteiger partial charge in [0.05, 0.1) is 11.0 Å². The van der Waals surface area contributed by atoms with Gasteiger partial charge in [-0.2, -0.15) is 0 Å². The van der Waals surface area contributed by atoms with Crippen LogP contribution < -0.4 is 10.6 Å². The van der Waals surface area contributed by atoms with Gasteiger partial charge in [0, 0.05) is 25.0 Å². The average Bonchev–Trinajstić information content (AvgIpc) is 2.98. The van der Waals surface area contributed by atoms with Crippen LogP contribution in [-0.4, -0.2) is 63.0 Å². The van der Waals surface area contributed by atoms with E-state index in [9.17, 15) is 18.3 Å². The first-order valence-corrected chi connectivity index (χ1v) is 9.49. The normalized spacial score (nSPS) is 17.0. The molecule has 0 aliphatic carbocycles. The molecule has 1 aliphatic rings. The van der Waals surface area contributed by atoms with Gasteiger partial charge < -0.3 is 20.6 Å². The van der Waals surface area contributed by atoms with Crippen molar-refractivity contribution in [3.63, 3.8) is 0 Å². The predicted molar refractivity (Wildman–Crippen MR) is 88.3 cm³/mol. The molecule has 2 rings (SSSR count). The summed E-state index contributed by atoms with van der Waals surface area (Å²) in [5.41, 5.74) is 0.490. The van der Waals surface area contributed by atoms with Gasteiger partial charge in [-0.05, 0) is 50.2 Å². The van der Waals surface area contributed by atoms with Crippen LogP contribution in [0, 0.1) is 0 Å². The fraction of sp³-hybridized carbons (Fsp3) is 0.533. The highest BCUT2D eigenvalue weighted by Crippen LogP contribution is 2.13. The molecule has 0 spiro atoms. The number of anilines is 1. The third-order valence-corrected chi connectivity index (χ3v) is 4.83. The number of amides is 2. The molecule has 0 aromatic heterocycles. The van der Waals surface area contributed by atoms with E-state index in [2.05, 4.69) is 15.5 Å². The van der Waals surface area contributed by atoms with E-state index in [1.54, 1.807) is 0 Å². The average molecular weight is 341 g/mol. The van der Waals surface area contributed by atoms with Gasteiger partial charge in [-0.15, -0.1) is 0 Å². The SMILES string of the molecule is CS(=O)(=O)c1ccc(NC(=O)NC[C@H](O)CN2CCCC2)cc1. The van der Waals surface area contributed by atoms with Crippen molar-refractivity contribution in [1.82, 2.24) is 10.2 Å². The third-order valence-electron chi connectivity index (χ3n) is 3.71. The smallest absolute Gasteiger partial charge is 0.319 e. The van der Waals surface area contributed by atoms with Crippen LogP contribution in [0.15, 0.2) is 29.2 Å². The molecule has 3 N–H and O–H groups in total. The van der Waals surface area contributed by atoms with Gasteiger partial charge in [0.2, 0.25) is 0 Å². The number of urea groups is 1. The number of β-amino-alcohol motifs (C(OH)–C–C–N with tert-alkyl or cyclic N) is 1. The number of carbonyl (C=O) groups is 1. The molecule has 0 unspecified atom stereocenters. The van der Waals surface area contributed by atoms with Gasteiger partial charge >= 0.3 is 6.03 Å². The van der Waals surface area contributed by atoms with Crippen LogP contribution >= 0.6 is 0 Å². The molecule has 1 aromatic rings. The van der Waals surface area contributed by atoms with Gasteiger partial charge in [-0.1, -0.05) is 0 Å². The summed E-state index contributed by atoms with van der Waals surface area (Å²) < 4.78 is 22.7. The molecule has 128 valence electrons. The number of carbonyl (C=O) groups excluding carboxylic acids is 1. The van der Waals surface area contributed by atoms with Crippen molar-refractivity contribution in [1.29, 1.82) is 0 Å². The fourth-order valence-corrected chi connectivity index (χ4v) is 3.13. The van der Waals surface area contributed by atoms with Crippen molar-refractivity contribution >= 4 is 21.6 Å². The lowest BCUT2D eigenvalue weighted by molar-refractivity contribution is 0.125. The number of hydrogen-bond donors (Lipinski definition) is 3. The lowest BCUT2D eigenvalue weighted by atomic mass is 10.3. The summed E-state index contributed by atoms with van der Waals surface area (Å²) in [6.07, 6.45) is 2.84. The molecule has 0 saturated carbocycles. The topological polar surface area (TPSA) is 98.7 Å². The maximum Gasteiger partial charge on any atom is 0.319 e. The lowest BCUT2D eigenvalue weighted by Crippen LogP contribution is -2.40. The zero-order valence-electron chi connectivity index (χ0n) is 13.2. The molecule has 1 saturated heterocycles. The summed E-state index contributed by atoms with van der Waals surface area (Å²) in [5.74, 6) is 0. The quantitative estimate of drug-likeness (QED) is 0.706. The van der Waals surface area contributed by atoms with Crippen molar-refractivity contribution < 1.29 is 18.3 Å². The lowest BCUT2D eigenvalue weighted by Gasteiger charge is -2.19. The largest absolute Gasteiger partial charge is 0.390 e. The minimum atomic E-state index is -3.25. The highest BCUT2D eigenvalue weighted by molar-refractivity contribution is 7.90. The molecule has 1 heterocycles. The van der Waals surface area contributed by atoms with E-state index in [0.29, 0.717) is 12.2 Å². The Kier molecular flexibility index (Phi) is 5.97. The molecule has 1 aliphatic heterocycles. The summed E-state index contributed by atoms with van der Waals surface area (Å²) in [6, 6.07) is 5.49. The van der Waals surface area contributed by atoms with Crippen molar-refractivity contribution in [2.75, 3.05) is 37.8 Å². The van der Waals surface area contributed by atoms with E-state index in [4.69, 9.17) is 0 Å². The zero-order valence-corrected chi connectivity index (χ0v) is 14.0. The van der Waals surface area contributed by atoms with Gasteiger partial charge in [0.15, 0.2) is 9.84 Å². The second-order valence-corrected chi connectivity index (χ2v) is 7.81. The Morgan fingerprint density at radius 1 is 1.26 bits per heavy atom. The number of nitrogens with one attached hydrogen (secondary N) is 2. The Morgan fingerprint density at radius 3 is 2.43 bits per heavy atom. The third kappa shape index (κ3) is 5.81. The van der Waals surface area contributed by atoms with Crippen LogP contribution in [0.5, 0.6) is 0 Å². The maximum absolute atomic E-state index is 11.8. The van der Waals surface area contributed by atoms with E-state index in [1.165, 1.54) is 24.3 Å². The first-order valence-electron chi connectivity index (χ1n) is 7.60. The van der Waals surface area contributed by atoms with Crippen LogP contribution in [0.1, 0.15) is 12.8 Å². The van der Waals surface area contributed by atoms with E-state index < -0.39 is 22.0 Å². The van der Waals surface area contributed by atoms with Crippen LogP contribution in [0.25, 0.3) is 0 Å². The molecular formula is C15H23N3O4S. The molecule has 7 nitrogen and oxygen atoms in total. The zero-order chi connectivity index (χ0) is 16.9. The van der Waals surface area contributed by atoms with E-state index in [-0.39, 0.29) is 11.4 Å². The fourth-order valence-electron chi connectivity index (χ4n) is 2.50. The highest BCUT2D eigenvalue weighted by Gasteiger charge is 2.16. The number of rotatable bonds is 6. The molecule has 23 heavy (non-hydrogen) atoms. The van der Waals surface area contributed by atoms with Crippen LogP contribution in [0.2, 0.25) is 0 Å². The second kappa shape index (κ2) is 7.76. The molecule has 8 heteroatoms. The molecule has 0 bridgehead atoms. The van der Waals surface area contributed by atoms with Gasteiger partial charge in [0.1, 0.15) is 0 Å². The summed E-state index contributed by atoms with van der Waals surface area (Å²) in [6.45, 7) is 2.72. The van der Waals surface area contributed by atoms with Gasteiger partial charge in [0.25, 0.3) is 0 Å². The molecule has 2 amide bonds. The highest BCUT2D eigenvalue weighted by atomic mass is 32.2. The number of benzene rings is 1. The van der Waals surface area contributed by atoms with Crippen molar-refractivity contribution in [3.05, 3.63) is 24.3 Å². The van der Waals surface area contributed by atoms with Crippen LogP contribution in [-0.2, 0) is 9.84 Å². The number of aliphatic hydroxyl groups is 1. The molecule has 1 fully saturated rings. The van der Waals surface area contributed by atoms with Crippen LogP contribution in [0.3, 0.4) is 0 Å². The Morgan fingerprint density at radius 2 is 1.87 bits per heavy atom. The number of hydrogen-bond acceptors (Lipinski definition) is 5. The first kappa shape index (κ1) is 17.7. The summed E-state index contributed by atoms with van der Waals surface area (Å²) >= 11 is 0. The van der Waals surface area contributed by atoms with E-state index in [1.807, 2.05) is 0 Å². The van der Waals surface area contributed by atoms with Gasteiger partial charge in [-0.25, -0.2) is 13.2 Å². The summed E-state index contributed by atoms with van der Waals surface area (Å²) in [4.78, 5) is 14.1. The molecular weight excluding hydrogens is 318 g/mol. The Balaban J connectivity index is 1.75. The Bertz CT molecular complexity index is 625.